The third-order valence-electron chi connectivity index (χ3n) is 4.19. The van der Waals surface area contributed by atoms with Crippen LogP contribution in [0.25, 0.3) is 0 Å². The fourth-order valence-corrected chi connectivity index (χ4v) is 3.42. The van der Waals surface area contributed by atoms with Crippen LogP contribution >= 0.6 is 15.9 Å². The van der Waals surface area contributed by atoms with Crippen molar-refractivity contribution in [2.45, 2.75) is 24.9 Å². The third-order valence-corrected chi connectivity index (χ3v) is 4.83. The molecule has 8 heteroatoms. The van der Waals surface area contributed by atoms with Gasteiger partial charge < -0.3 is 10.2 Å². The normalized spacial score (nSPS) is 26.4. The number of hydrogen-bond donors (Lipinski definition) is 1. The molecule has 0 aliphatic carbocycles. The van der Waals surface area contributed by atoms with Gasteiger partial charge in [0.25, 0.3) is 5.71 Å². The van der Waals surface area contributed by atoms with Crippen LogP contribution in [0, 0.1) is 11.3 Å². The van der Waals surface area contributed by atoms with Crippen molar-refractivity contribution < 1.29 is 14.2 Å². The molecule has 2 amide bonds. The number of halogens is 1. The molecule has 0 aromatic rings. The Hall–Kier alpha value is -1.85. The van der Waals surface area contributed by atoms with Crippen LogP contribution in [0.2, 0.25) is 0 Å². The second kappa shape index (κ2) is 5.74. The second-order valence-electron chi connectivity index (χ2n) is 5.46. The highest BCUT2D eigenvalue weighted by atomic mass is 79.9. The fraction of sp³-hybridized carbons (Fsp3) is 0.500. The molecule has 1 atom stereocenters. The van der Waals surface area contributed by atoms with E-state index in [0.29, 0.717) is 10.3 Å². The zero-order valence-electron chi connectivity index (χ0n) is 12.0. The molecule has 1 fully saturated rings. The lowest BCUT2D eigenvalue weighted by molar-refractivity contribution is -0.492. The Morgan fingerprint density at radius 1 is 1.45 bits per heavy atom. The summed E-state index contributed by atoms with van der Waals surface area (Å²) in [7, 11) is 1.58. The van der Waals surface area contributed by atoms with Gasteiger partial charge in [0.1, 0.15) is 12.1 Å². The van der Waals surface area contributed by atoms with Crippen molar-refractivity contribution in [2.75, 3.05) is 20.1 Å². The van der Waals surface area contributed by atoms with Crippen LogP contribution in [0.3, 0.4) is 0 Å². The summed E-state index contributed by atoms with van der Waals surface area (Å²) in [5.41, 5.74) is 0.223. The maximum absolute atomic E-state index is 12.5. The zero-order chi connectivity index (χ0) is 15.9. The molecule has 3 aliphatic heterocycles. The third kappa shape index (κ3) is 2.30. The van der Waals surface area contributed by atoms with Gasteiger partial charge in [-0.15, -0.1) is 0 Å². The van der Waals surface area contributed by atoms with Crippen LogP contribution in [0.4, 0.5) is 0 Å². The average Bonchev–Trinajstić information content (AvgIpc) is 2.54. The lowest BCUT2D eigenvalue weighted by atomic mass is 10.0. The number of amidine groups is 1. The minimum Gasteiger partial charge on any atom is -0.317 e. The number of dihydropyridines is 1. The van der Waals surface area contributed by atoms with Gasteiger partial charge in [0.2, 0.25) is 0 Å². The van der Waals surface area contributed by atoms with E-state index in [-0.39, 0.29) is 11.8 Å². The number of rotatable bonds is 1. The second-order valence-corrected chi connectivity index (χ2v) is 6.32. The van der Waals surface area contributed by atoms with Gasteiger partial charge in [-0.25, -0.2) is 4.79 Å². The predicted molar refractivity (Wildman–Crippen MR) is 82.8 cm³/mol. The van der Waals surface area contributed by atoms with E-state index >= 15 is 0 Å². The first-order chi connectivity index (χ1) is 10.5. The van der Waals surface area contributed by atoms with E-state index in [1.165, 1.54) is 9.48 Å². The van der Waals surface area contributed by atoms with E-state index in [1.54, 1.807) is 13.1 Å². The molecule has 0 saturated carbocycles. The number of carbonyl (C=O) groups is 2. The van der Waals surface area contributed by atoms with Gasteiger partial charge in [0.05, 0.1) is 4.48 Å². The number of likely N-dealkylation sites (N-methyl/N-ethyl adjacent to an activating group) is 1. The molecule has 0 aromatic heterocycles. The summed E-state index contributed by atoms with van der Waals surface area (Å²) in [4.78, 5) is 30.4. The molecule has 114 valence electrons. The van der Waals surface area contributed by atoms with Gasteiger partial charge in [0.15, 0.2) is 6.04 Å². The lowest BCUT2D eigenvalue weighted by Crippen LogP contribution is -2.59. The van der Waals surface area contributed by atoms with Crippen LogP contribution in [0.15, 0.2) is 15.6 Å². The number of nitriles is 1. The fourth-order valence-electron chi connectivity index (χ4n) is 2.99. The Kier molecular flexibility index (Phi) is 3.93. The van der Waals surface area contributed by atoms with Crippen LogP contribution < -0.4 is 5.32 Å². The Morgan fingerprint density at radius 3 is 2.77 bits per heavy atom. The summed E-state index contributed by atoms with van der Waals surface area (Å²) in [6.07, 6.45) is 3.28. The molecule has 3 heterocycles. The van der Waals surface area contributed by atoms with Gasteiger partial charge in [-0.05, 0) is 40.1 Å². The van der Waals surface area contributed by atoms with Crippen molar-refractivity contribution in [3.63, 3.8) is 0 Å². The van der Waals surface area contributed by atoms with Crippen molar-refractivity contribution in [3.8, 4) is 6.07 Å². The quantitative estimate of drug-likeness (QED) is 0.514. The number of nitrogens with one attached hydrogen (secondary N) is 1. The average molecular weight is 365 g/mol. The number of aliphatic imine (C=N–C) groups is 1. The van der Waals surface area contributed by atoms with Crippen LogP contribution in [-0.4, -0.2) is 65.1 Å². The van der Waals surface area contributed by atoms with Crippen LogP contribution in [0.1, 0.15) is 12.8 Å². The molecule has 0 bridgehead atoms. The minimum atomic E-state index is -0.562. The Balaban J connectivity index is 2.15. The highest BCUT2D eigenvalue weighted by molar-refractivity contribution is 9.12. The summed E-state index contributed by atoms with van der Waals surface area (Å²) in [6.45, 7) is 1.59. The highest BCUT2D eigenvalue weighted by Crippen LogP contribution is 2.23. The van der Waals surface area contributed by atoms with Crippen molar-refractivity contribution in [1.29, 1.82) is 5.26 Å². The van der Waals surface area contributed by atoms with Crippen molar-refractivity contribution in [2.24, 2.45) is 4.99 Å². The first kappa shape index (κ1) is 15.1. The van der Waals surface area contributed by atoms with Gasteiger partial charge in [0, 0.05) is 19.9 Å². The largest absolute Gasteiger partial charge is 0.399 e. The van der Waals surface area contributed by atoms with E-state index in [9.17, 15) is 14.9 Å². The van der Waals surface area contributed by atoms with Crippen molar-refractivity contribution >= 4 is 39.3 Å². The van der Waals surface area contributed by atoms with Crippen LogP contribution in [0.5, 0.6) is 0 Å². The van der Waals surface area contributed by atoms with E-state index in [1.807, 2.05) is 6.07 Å². The summed E-state index contributed by atoms with van der Waals surface area (Å²) in [5.74, 6) is -0.633. The number of carbonyl (C=O) groups excluding carboxylic acids is 2. The van der Waals surface area contributed by atoms with Crippen LogP contribution in [-0.2, 0) is 9.59 Å². The highest BCUT2D eigenvalue weighted by Gasteiger charge is 2.48. The molecule has 3 rings (SSSR count). The molecule has 0 radical (unpaired) electrons. The summed E-state index contributed by atoms with van der Waals surface area (Å²) >= 11 is 3.30. The van der Waals surface area contributed by atoms with E-state index < -0.39 is 17.9 Å². The van der Waals surface area contributed by atoms with E-state index in [0.717, 1.165) is 25.9 Å². The number of allylic oxidation sites excluding steroid dienone is 1. The number of piperidine rings is 1. The summed E-state index contributed by atoms with van der Waals surface area (Å²) < 4.78 is 2.05. The minimum absolute atomic E-state index is 0.0575. The first-order valence-electron chi connectivity index (χ1n) is 7.09. The number of fused-ring (bicyclic) bond motifs is 1. The Bertz CT molecular complexity index is 682. The van der Waals surface area contributed by atoms with Gasteiger partial charge in [-0.3, -0.25) is 4.79 Å². The number of hydrogen-bond acceptors (Lipinski definition) is 5. The Morgan fingerprint density at radius 2 is 2.14 bits per heavy atom. The molecule has 0 aromatic carbocycles. The maximum Gasteiger partial charge on any atom is 0.399 e. The molecule has 22 heavy (non-hydrogen) atoms. The zero-order valence-corrected chi connectivity index (χ0v) is 13.6. The lowest BCUT2D eigenvalue weighted by Gasteiger charge is -2.32. The number of amides is 2. The molecule has 0 spiro atoms. The molecule has 7 nitrogen and oxygen atoms in total. The molecular weight excluding hydrogens is 350 g/mol. The van der Waals surface area contributed by atoms with E-state index in [4.69, 9.17) is 0 Å². The molecule has 1 saturated heterocycles. The Labute approximate surface area is 136 Å². The molecular formula is C14H15BrN5O2+. The van der Waals surface area contributed by atoms with E-state index in [2.05, 4.69) is 26.2 Å². The topological polar surface area (TPSA) is 88.6 Å². The van der Waals surface area contributed by atoms with Crippen molar-refractivity contribution in [1.82, 2.24) is 10.2 Å². The monoisotopic (exact) mass is 364 g/mol. The standard InChI is InChI=1S/C14H15BrN5O2/c1-19-11-6-9(15)10(7-16)18-12(11)20(14(22)13(19)21)8-2-4-17-5-3-8/h6,8,11,17H,2-5H2,1H3/q+1. The SMILES string of the molecule is CN1C(=O)C(=O)[N+](C2CCNCC2)=C2N=C(C#N)C(Br)=CC21. The maximum atomic E-state index is 12.5. The summed E-state index contributed by atoms with van der Waals surface area (Å²) in [5, 5.41) is 12.4. The number of nitrogens with zero attached hydrogens (tertiary/aromatic N) is 4. The molecule has 1 unspecified atom stereocenters. The van der Waals surface area contributed by atoms with Gasteiger partial charge in [-0.2, -0.15) is 9.84 Å². The van der Waals surface area contributed by atoms with Gasteiger partial charge >= 0.3 is 17.6 Å². The van der Waals surface area contributed by atoms with Crippen molar-refractivity contribution in [3.05, 3.63) is 10.6 Å². The smallest absolute Gasteiger partial charge is 0.317 e. The first-order valence-corrected chi connectivity index (χ1v) is 7.88. The molecule has 1 N–H and O–H groups in total. The molecule has 3 aliphatic rings. The summed E-state index contributed by atoms with van der Waals surface area (Å²) in [6, 6.07) is 1.53. The van der Waals surface area contributed by atoms with Gasteiger partial charge in [-0.1, -0.05) is 0 Å². The predicted octanol–water partition coefficient (Wildman–Crippen LogP) is -0.226.